The van der Waals surface area contributed by atoms with Crippen molar-refractivity contribution in [1.82, 2.24) is 9.88 Å². The zero-order valence-corrected chi connectivity index (χ0v) is 17.9. The molecule has 0 spiro atoms. The number of benzene rings is 1. The van der Waals surface area contributed by atoms with Crippen molar-refractivity contribution in [2.75, 3.05) is 50.1 Å². The van der Waals surface area contributed by atoms with Gasteiger partial charge in [-0.05, 0) is 51.1 Å². The maximum absolute atomic E-state index is 12.8. The Balaban J connectivity index is 1.63. The Bertz CT molecular complexity index is 906. The van der Waals surface area contributed by atoms with Crippen LogP contribution in [0.15, 0.2) is 30.3 Å². The largest absolute Gasteiger partial charge is 0.497 e. The number of methoxy groups -OCH3 is 1. The smallest absolute Gasteiger partial charge is 0.340 e. The van der Waals surface area contributed by atoms with Crippen LogP contribution in [0.2, 0.25) is 0 Å². The van der Waals surface area contributed by atoms with Gasteiger partial charge in [0.2, 0.25) is 0 Å². The molecule has 1 saturated heterocycles. The van der Waals surface area contributed by atoms with E-state index in [0.717, 1.165) is 24.5 Å². The standard InChI is InChI=1S/C22H28N4O4/c1-5-30-21(27)19-14-20(16(3)23-15(19)2)24-22(28)26-12-10-25(11-13-26)17-6-8-18(29-4)9-7-17/h6-9,14H,5,10-13H2,1-4H3,(H,24,28). The van der Waals surface area contributed by atoms with Crippen LogP contribution < -0.4 is 15.0 Å². The van der Waals surface area contributed by atoms with Gasteiger partial charge in [0.15, 0.2) is 0 Å². The number of urea groups is 1. The number of pyridine rings is 1. The molecule has 0 unspecified atom stereocenters. The summed E-state index contributed by atoms with van der Waals surface area (Å²) < 4.78 is 10.3. The summed E-state index contributed by atoms with van der Waals surface area (Å²) in [5.74, 6) is 0.382. The highest BCUT2D eigenvalue weighted by Gasteiger charge is 2.23. The van der Waals surface area contributed by atoms with Crippen LogP contribution >= 0.6 is 0 Å². The number of piperazine rings is 1. The molecule has 0 aliphatic carbocycles. The fraction of sp³-hybridized carbons (Fsp3) is 0.409. The minimum Gasteiger partial charge on any atom is -0.497 e. The van der Waals surface area contributed by atoms with Crippen molar-refractivity contribution in [3.63, 3.8) is 0 Å². The van der Waals surface area contributed by atoms with E-state index in [9.17, 15) is 9.59 Å². The number of nitrogens with zero attached hydrogens (tertiary/aromatic N) is 3. The molecular weight excluding hydrogens is 384 g/mol. The fourth-order valence-corrected chi connectivity index (χ4v) is 3.42. The van der Waals surface area contributed by atoms with E-state index in [4.69, 9.17) is 9.47 Å². The summed E-state index contributed by atoms with van der Waals surface area (Å²) >= 11 is 0. The number of aryl methyl sites for hydroxylation is 2. The molecule has 1 aliphatic heterocycles. The predicted molar refractivity (Wildman–Crippen MR) is 115 cm³/mol. The number of amides is 2. The average Bonchev–Trinajstić information content (AvgIpc) is 2.76. The third-order valence-electron chi connectivity index (χ3n) is 5.15. The molecule has 8 nitrogen and oxygen atoms in total. The molecule has 30 heavy (non-hydrogen) atoms. The lowest BCUT2D eigenvalue weighted by Gasteiger charge is -2.36. The first-order chi connectivity index (χ1) is 14.4. The average molecular weight is 412 g/mol. The highest BCUT2D eigenvalue weighted by atomic mass is 16.5. The van der Waals surface area contributed by atoms with Crippen LogP contribution in [0.1, 0.15) is 28.7 Å². The summed E-state index contributed by atoms with van der Waals surface area (Å²) in [6.07, 6.45) is 0. The van der Waals surface area contributed by atoms with Crippen molar-refractivity contribution in [1.29, 1.82) is 0 Å². The van der Waals surface area contributed by atoms with Gasteiger partial charge in [-0.2, -0.15) is 0 Å². The van der Waals surface area contributed by atoms with Gasteiger partial charge in [-0.1, -0.05) is 0 Å². The van der Waals surface area contributed by atoms with Gasteiger partial charge < -0.3 is 24.6 Å². The normalized spacial score (nSPS) is 13.7. The summed E-state index contributed by atoms with van der Waals surface area (Å²) in [5.41, 5.74) is 3.23. The number of anilines is 2. The van der Waals surface area contributed by atoms with Gasteiger partial charge in [0.25, 0.3) is 0 Å². The second kappa shape index (κ2) is 9.47. The summed E-state index contributed by atoms with van der Waals surface area (Å²) in [4.78, 5) is 33.3. The lowest BCUT2D eigenvalue weighted by Crippen LogP contribution is -2.50. The molecule has 2 aromatic rings. The van der Waals surface area contributed by atoms with Crippen molar-refractivity contribution in [3.8, 4) is 5.75 Å². The van der Waals surface area contributed by atoms with Gasteiger partial charge >= 0.3 is 12.0 Å². The SMILES string of the molecule is CCOC(=O)c1cc(NC(=O)N2CCN(c3ccc(OC)cc3)CC2)c(C)nc1C. The van der Waals surface area contributed by atoms with Gasteiger partial charge in [0.1, 0.15) is 5.75 Å². The number of hydrogen-bond acceptors (Lipinski definition) is 6. The molecule has 1 fully saturated rings. The first-order valence-electron chi connectivity index (χ1n) is 10.0. The van der Waals surface area contributed by atoms with Gasteiger partial charge in [-0.15, -0.1) is 0 Å². The van der Waals surface area contributed by atoms with E-state index < -0.39 is 5.97 Å². The summed E-state index contributed by atoms with van der Waals surface area (Å²) in [6, 6.07) is 9.35. The molecule has 0 saturated carbocycles. The van der Waals surface area contributed by atoms with E-state index in [1.54, 1.807) is 38.8 Å². The molecule has 1 aromatic heterocycles. The Morgan fingerprint density at radius 1 is 1.07 bits per heavy atom. The van der Waals surface area contributed by atoms with Crippen LogP contribution in [0.3, 0.4) is 0 Å². The highest BCUT2D eigenvalue weighted by molar-refractivity contribution is 5.95. The number of aromatic nitrogens is 1. The van der Waals surface area contributed by atoms with Gasteiger partial charge in [-0.3, -0.25) is 4.98 Å². The first-order valence-corrected chi connectivity index (χ1v) is 10.0. The van der Waals surface area contributed by atoms with Crippen molar-refractivity contribution in [2.45, 2.75) is 20.8 Å². The Morgan fingerprint density at radius 2 is 1.73 bits per heavy atom. The number of carbonyl (C=O) groups is 2. The number of ether oxygens (including phenoxy) is 2. The van der Waals surface area contributed by atoms with E-state index in [2.05, 4.69) is 15.2 Å². The van der Waals surface area contributed by atoms with Crippen LogP contribution in [0.5, 0.6) is 5.75 Å². The number of esters is 1. The molecule has 1 N–H and O–H groups in total. The van der Waals surface area contributed by atoms with Gasteiger partial charge in [0.05, 0.1) is 36.4 Å². The van der Waals surface area contributed by atoms with Crippen molar-refractivity contribution < 1.29 is 19.1 Å². The zero-order valence-electron chi connectivity index (χ0n) is 17.9. The number of hydrogen-bond donors (Lipinski definition) is 1. The number of rotatable bonds is 5. The predicted octanol–water partition coefficient (Wildman–Crippen LogP) is 3.24. The van der Waals surface area contributed by atoms with Crippen LogP contribution in [0.25, 0.3) is 0 Å². The summed E-state index contributed by atoms with van der Waals surface area (Å²) in [7, 11) is 1.65. The molecule has 160 valence electrons. The Kier molecular flexibility index (Phi) is 6.76. The van der Waals surface area contributed by atoms with E-state index in [0.29, 0.717) is 35.7 Å². The van der Waals surface area contributed by atoms with Gasteiger partial charge in [0, 0.05) is 31.9 Å². The monoisotopic (exact) mass is 412 g/mol. The fourth-order valence-electron chi connectivity index (χ4n) is 3.42. The molecule has 1 aliphatic rings. The quantitative estimate of drug-likeness (QED) is 0.759. The molecule has 3 rings (SSSR count). The highest BCUT2D eigenvalue weighted by Crippen LogP contribution is 2.22. The molecular formula is C22H28N4O4. The van der Waals surface area contributed by atoms with E-state index in [1.807, 2.05) is 24.3 Å². The Hall–Kier alpha value is -3.29. The minimum atomic E-state index is -0.439. The molecule has 1 aromatic carbocycles. The molecule has 0 radical (unpaired) electrons. The van der Waals surface area contributed by atoms with Gasteiger partial charge in [-0.25, -0.2) is 9.59 Å². The minimum absolute atomic E-state index is 0.201. The van der Waals surface area contributed by atoms with E-state index in [-0.39, 0.29) is 12.6 Å². The van der Waals surface area contributed by atoms with Crippen LogP contribution in [0.4, 0.5) is 16.2 Å². The summed E-state index contributed by atoms with van der Waals surface area (Å²) in [6.45, 7) is 8.26. The topological polar surface area (TPSA) is 84.0 Å². The van der Waals surface area contributed by atoms with Crippen LogP contribution in [-0.2, 0) is 4.74 Å². The molecule has 2 amide bonds. The molecule has 8 heteroatoms. The lowest BCUT2D eigenvalue weighted by atomic mass is 10.1. The number of nitrogens with one attached hydrogen (secondary N) is 1. The third kappa shape index (κ3) is 4.82. The maximum Gasteiger partial charge on any atom is 0.340 e. The number of carbonyl (C=O) groups excluding carboxylic acids is 2. The van der Waals surface area contributed by atoms with E-state index >= 15 is 0 Å². The van der Waals surface area contributed by atoms with Crippen LogP contribution in [-0.4, -0.2) is 61.8 Å². The third-order valence-corrected chi connectivity index (χ3v) is 5.15. The molecule has 2 heterocycles. The second-order valence-electron chi connectivity index (χ2n) is 7.08. The molecule has 0 atom stereocenters. The first kappa shape index (κ1) is 21.4. The van der Waals surface area contributed by atoms with E-state index in [1.165, 1.54) is 0 Å². The van der Waals surface area contributed by atoms with Crippen molar-refractivity contribution in [3.05, 3.63) is 47.3 Å². The lowest BCUT2D eigenvalue weighted by molar-refractivity contribution is 0.0525. The second-order valence-corrected chi connectivity index (χ2v) is 7.08. The summed E-state index contributed by atoms with van der Waals surface area (Å²) in [5, 5.41) is 2.90. The Labute approximate surface area is 176 Å². The molecule has 0 bridgehead atoms. The van der Waals surface area contributed by atoms with Crippen molar-refractivity contribution >= 4 is 23.4 Å². The zero-order chi connectivity index (χ0) is 21.7. The van der Waals surface area contributed by atoms with Crippen LogP contribution in [0, 0.1) is 13.8 Å². The maximum atomic E-state index is 12.8. The van der Waals surface area contributed by atoms with Crippen molar-refractivity contribution in [2.24, 2.45) is 0 Å². The Morgan fingerprint density at radius 3 is 2.33 bits per heavy atom.